The van der Waals surface area contributed by atoms with Gasteiger partial charge in [-0.05, 0) is 6.42 Å². The minimum atomic E-state index is -1.34. The lowest BCUT2D eigenvalue weighted by Gasteiger charge is -2.13. The highest BCUT2D eigenvalue weighted by Crippen LogP contribution is 2.24. The van der Waals surface area contributed by atoms with Crippen LogP contribution >= 0.6 is 0 Å². The second-order valence-corrected chi connectivity index (χ2v) is 7.03. The highest BCUT2D eigenvalue weighted by atomic mass is 16.6. The highest BCUT2D eigenvalue weighted by molar-refractivity contribution is 5.89. The number of esters is 1. The topological polar surface area (TPSA) is 96.2 Å². The normalized spacial score (nSPS) is 18.3. The fourth-order valence-electron chi connectivity index (χ4n) is 3.07. The van der Waals surface area contributed by atoms with E-state index in [1.54, 1.807) is 0 Å². The van der Waals surface area contributed by atoms with Crippen LogP contribution in [0.1, 0.15) is 84.0 Å². The summed E-state index contributed by atoms with van der Waals surface area (Å²) in [7, 11) is 0. The lowest BCUT2D eigenvalue weighted by molar-refractivity contribution is -0.148. The van der Waals surface area contributed by atoms with Crippen molar-refractivity contribution in [1.82, 2.24) is 0 Å². The molecule has 1 rings (SSSR count). The van der Waals surface area contributed by atoms with Crippen molar-refractivity contribution in [1.29, 1.82) is 0 Å². The predicted octanol–water partition coefficient (Wildman–Crippen LogP) is 3.75. The van der Waals surface area contributed by atoms with E-state index in [4.69, 9.17) is 14.6 Å². The van der Waals surface area contributed by atoms with Gasteiger partial charge in [-0.25, -0.2) is 4.79 Å². The number of rotatable bonds is 16. The molecule has 3 N–H and O–H groups in total. The van der Waals surface area contributed by atoms with E-state index in [0.29, 0.717) is 6.61 Å². The molecule has 1 aliphatic heterocycles. The minimum absolute atomic E-state index is 0.245. The van der Waals surface area contributed by atoms with Gasteiger partial charge in [0.15, 0.2) is 11.9 Å². The zero-order valence-corrected chi connectivity index (χ0v) is 16.1. The molecule has 6 nitrogen and oxygen atoms in total. The second-order valence-electron chi connectivity index (χ2n) is 7.03. The Labute approximate surface area is 157 Å². The number of hydrogen-bond acceptors (Lipinski definition) is 6. The Morgan fingerprint density at radius 3 is 1.96 bits per heavy atom. The van der Waals surface area contributed by atoms with Gasteiger partial charge in [0.1, 0.15) is 6.10 Å². The molecule has 2 atom stereocenters. The van der Waals surface area contributed by atoms with Gasteiger partial charge in [0, 0.05) is 0 Å². The van der Waals surface area contributed by atoms with E-state index in [0.717, 1.165) is 19.3 Å². The Morgan fingerprint density at radius 2 is 1.46 bits per heavy atom. The van der Waals surface area contributed by atoms with Crippen LogP contribution in [0.4, 0.5) is 0 Å². The third-order valence-corrected chi connectivity index (χ3v) is 4.70. The molecule has 6 heteroatoms. The SMILES string of the molecule is CCCCCCCCCCCCCCOC1=C(O)[C@@H]([C@@H](O)CO)OC1=O. The molecule has 0 amide bonds. The molecule has 152 valence electrons. The van der Waals surface area contributed by atoms with Crippen LogP contribution in [-0.4, -0.2) is 46.7 Å². The molecule has 0 radical (unpaired) electrons. The Morgan fingerprint density at radius 1 is 0.962 bits per heavy atom. The highest BCUT2D eigenvalue weighted by Gasteiger charge is 2.40. The van der Waals surface area contributed by atoms with Crippen LogP contribution in [0.25, 0.3) is 0 Å². The molecule has 26 heavy (non-hydrogen) atoms. The standard InChI is InChI=1S/C20H36O6/c1-2-3-4-5-6-7-8-9-10-11-12-13-14-25-19-17(23)18(16(22)15-21)26-20(19)24/h16,18,21-23H,2-15H2,1H3/t16-,18+/m0/s1. The zero-order chi connectivity index (χ0) is 19.2. The summed E-state index contributed by atoms with van der Waals surface area (Å²) in [5.41, 5.74) is 0. The van der Waals surface area contributed by atoms with Crippen LogP contribution in [0.2, 0.25) is 0 Å². The largest absolute Gasteiger partial charge is 0.505 e. The number of unbranched alkanes of at least 4 members (excludes halogenated alkanes) is 11. The quantitative estimate of drug-likeness (QED) is 0.282. The molecule has 0 saturated carbocycles. The summed E-state index contributed by atoms with van der Waals surface area (Å²) >= 11 is 0. The van der Waals surface area contributed by atoms with E-state index in [-0.39, 0.29) is 5.76 Å². The molecular formula is C20H36O6. The smallest absolute Gasteiger partial charge is 0.378 e. The molecule has 0 aromatic heterocycles. The molecule has 1 aliphatic rings. The van der Waals surface area contributed by atoms with Crippen LogP contribution in [0.15, 0.2) is 11.5 Å². The van der Waals surface area contributed by atoms with Crippen molar-refractivity contribution in [2.75, 3.05) is 13.2 Å². The monoisotopic (exact) mass is 372 g/mol. The lowest BCUT2D eigenvalue weighted by Crippen LogP contribution is -2.31. The van der Waals surface area contributed by atoms with Crippen molar-refractivity contribution in [2.24, 2.45) is 0 Å². The zero-order valence-electron chi connectivity index (χ0n) is 16.1. The average molecular weight is 373 g/mol. The number of cyclic esters (lactones) is 1. The van der Waals surface area contributed by atoms with Crippen molar-refractivity contribution in [3.8, 4) is 0 Å². The van der Waals surface area contributed by atoms with Gasteiger partial charge < -0.3 is 24.8 Å². The van der Waals surface area contributed by atoms with Crippen LogP contribution in [0, 0.1) is 0 Å². The van der Waals surface area contributed by atoms with E-state index < -0.39 is 30.5 Å². The summed E-state index contributed by atoms with van der Waals surface area (Å²) in [5, 5.41) is 28.2. The lowest BCUT2D eigenvalue weighted by atomic mass is 10.1. The van der Waals surface area contributed by atoms with Crippen molar-refractivity contribution in [3.63, 3.8) is 0 Å². The first kappa shape index (κ1) is 22.8. The maximum atomic E-state index is 11.6. The van der Waals surface area contributed by atoms with Crippen LogP contribution < -0.4 is 0 Å². The Bertz CT molecular complexity index is 421. The fraction of sp³-hybridized carbons (Fsp3) is 0.850. The number of aliphatic hydroxyl groups excluding tert-OH is 3. The molecule has 0 fully saturated rings. The number of hydrogen-bond donors (Lipinski definition) is 3. The molecule has 0 spiro atoms. The van der Waals surface area contributed by atoms with Gasteiger partial charge in [-0.3, -0.25) is 0 Å². The van der Waals surface area contributed by atoms with Gasteiger partial charge in [-0.2, -0.15) is 0 Å². The van der Waals surface area contributed by atoms with Gasteiger partial charge in [-0.15, -0.1) is 0 Å². The van der Waals surface area contributed by atoms with Gasteiger partial charge in [0.25, 0.3) is 0 Å². The Kier molecular flexibility index (Phi) is 12.1. The van der Waals surface area contributed by atoms with Crippen LogP contribution in [-0.2, 0) is 14.3 Å². The van der Waals surface area contributed by atoms with Crippen LogP contribution in [0.5, 0.6) is 0 Å². The molecular weight excluding hydrogens is 336 g/mol. The third-order valence-electron chi connectivity index (χ3n) is 4.70. The number of carbonyl (C=O) groups excluding carboxylic acids is 1. The van der Waals surface area contributed by atoms with Gasteiger partial charge >= 0.3 is 5.97 Å². The Balaban J connectivity index is 2.00. The van der Waals surface area contributed by atoms with E-state index >= 15 is 0 Å². The molecule has 0 aromatic rings. The summed E-state index contributed by atoms with van der Waals surface area (Å²) in [4.78, 5) is 11.6. The first-order chi connectivity index (χ1) is 12.6. The van der Waals surface area contributed by atoms with E-state index in [2.05, 4.69) is 6.92 Å². The molecule has 0 unspecified atom stereocenters. The molecule has 0 saturated heterocycles. The number of ether oxygens (including phenoxy) is 2. The first-order valence-electron chi connectivity index (χ1n) is 10.2. The van der Waals surface area contributed by atoms with Crippen molar-refractivity contribution in [3.05, 3.63) is 11.5 Å². The first-order valence-corrected chi connectivity index (χ1v) is 10.2. The molecule has 0 aliphatic carbocycles. The predicted molar refractivity (Wildman–Crippen MR) is 99.7 cm³/mol. The van der Waals surface area contributed by atoms with Gasteiger partial charge in [0.05, 0.1) is 13.2 Å². The number of carbonyl (C=O) groups is 1. The summed E-state index contributed by atoms with van der Waals surface area (Å²) in [6, 6.07) is 0. The summed E-state index contributed by atoms with van der Waals surface area (Å²) in [6.45, 7) is 1.96. The second kappa shape index (κ2) is 13.9. The van der Waals surface area contributed by atoms with Crippen LogP contribution in [0.3, 0.4) is 0 Å². The molecule has 0 bridgehead atoms. The van der Waals surface area contributed by atoms with Crippen molar-refractivity contribution >= 4 is 5.97 Å². The fourth-order valence-corrected chi connectivity index (χ4v) is 3.07. The Hall–Kier alpha value is -1.27. The number of aliphatic hydroxyl groups is 3. The maximum absolute atomic E-state index is 11.6. The summed E-state index contributed by atoms with van der Waals surface area (Å²) < 4.78 is 10.1. The van der Waals surface area contributed by atoms with E-state index in [1.807, 2.05) is 0 Å². The summed E-state index contributed by atoms with van der Waals surface area (Å²) in [5.74, 6) is -1.47. The average Bonchev–Trinajstić information content (AvgIpc) is 2.92. The van der Waals surface area contributed by atoms with Gasteiger partial charge in [0.2, 0.25) is 5.76 Å². The van der Waals surface area contributed by atoms with Crippen molar-refractivity contribution < 1.29 is 29.6 Å². The maximum Gasteiger partial charge on any atom is 0.378 e. The van der Waals surface area contributed by atoms with Crippen molar-refractivity contribution in [2.45, 2.75) is 96.2 Å². The van der Waals surface area contributed by atoms with Gasteiger partial charge in [-0.1, -0.05) is 77.6 Å². The molecule has 0 aromatic carbocycles. The third kappa shape index (κ3) is 8.41. The van der Waals surface area contributed by atoms with E-state index in [9.17, 15) is 15.0 Å². The minimum Gasteiger partial charge on any atom is -0.505 e. The molecule has 1 heterocycles. The van der Waals surface area contributed by atoms with E-state index in [1.165, 1.54) is 57.8 Å². The summed E-state index contributed by atoms with van der Waals surface area (Å²) in [6.07, 6.45) is 12.3.